The number of aliphatic carboxylic acids is 1. The molecular weight excluding hydrogens is 416 g/mol. The number of Topliss-reactive ketones (excluding diaryl/α,β-unsaturated/α-hetero) is 2. The third-order valence-electron chi connectivity index (χ3n) is 2.54. The van der Waals surface area contributed by atoms with Crippen molar-refractivity contribution in [3.8, 4) is 11.4 Å². The van der Waals surface area contributed by atoms with Gasteiger partial charge in [-0.05, 0) is 24.3 Å². The van der Waals surface area contributed by atoms with Crippen molar-refractivity contribution in [3.63, 3.8) is 0 Å². The van der Waals surface area contributed by atoms with Crippen LogP contribution in [0.3, 0.4) is 0 Å². The number of nitrogens with zero attached hydrogens (tertiary/aromatic N) is 2. The van der Waals surface area contributed by atoms with Gasteiger partial charge in [-0.2, -0.15) is 0 Å². The van der Waals surface area contributed by atoms with Crippen molar-refractivity contribution < 1.29 is 58.3 Å². The zero-order chi connectivity index (χ0) is 14.7. The van der Waals surface area contributed by atoms with Crippen LogP contribution in [0, 0.1) is 0 Å². The largest absolute Gasteiger partial charge is 0.481 e. The van der Waals surface area contributed by atoms with Gasteiger partial charge in [-0.15, -0.1) is 0 Å². The molecule has 10 heteroatoms. The van der Waals surface area contributed by atoms with Crippen molar-refractivity contribution in [2.24, 2.45) is 0 Å². The van der Waals surface area contributed by atoms with Gasteiger partial charge in [0.1, 0.15) is 11.4 Å². The van der Waals surface area contributed by atoms with E-state index in [0.717, 1.165) is 6.92 Å². The number of pyridine rings is 2. The average Bonchev–Trinajstić information content (AvgIpc) is 2.44. The van der Waals surface area contributed by atoms with E-state index in [1.54, 1.807) is 36.7 Å². The van der Waals surface area contributed by atoms with Crippen molar-refractivity contribution in [3.05, 3.63) is 47.8 Å². The second-order valence-corrected chi connectivity index (χ2v) is 3.98. The van der Waals surface area contributed by atoms with Crippen LogP contribution in [0.5, 0.6) is 0 Å². The molecule has 3 rings (SSSR count). The molecule has 9 nitrogen and oxygen atoms in total. The Hall–Kier alpha value is -2.27. The van der Waals surface area contributed by atoms with Crippen LogP contribution in [-0.4, -0.2) is 49.0 Å². The van der Waals surface area contributed by atoms with E-state index in [-0.39, 0.29) is 38.8 Å². The number of aromatic nitrogens is 2. The van der Waals surface area contributed by atoms with E-state index in [9.17, 15) is 9.59 Å². The molecule has 0 unspecified atom stereocenters. The van der Waals surface area contributed by atoms with Crippen molar-refractivity contribution in [2.75, 3.05) is 0 Å². The molecule has 0 bridgehead atoms. The molecule has 1 aliphatic carbocycles. The SMILES string of the molecule is CC(=O)O.O.O.O.O=C1C(=O)c2cccnc2-c2ncccc21.[Ag]. The summed E-state index contributed by atoms with van der Waals surface area (Å²) in [6.07, 6.45) is 3.17. The van der Waals surface area contributed by atoms with Crippen LogP contribution in [0.25, 0.3) is 11.4 Å². The fourth-order valence-corrected chi connectivity index (χ4v) is 1.80. The molecule has 0 spiro atoms. The molecule has 0 atom stereocenters. The van der Waals surface area contributed by atoms with E-state index in [4.69, 9.17) is 9.90 Å². The Bertz CT molecular complexity index is 662. The smallest absolute Gasteiger partial charge is 0.300 e. The van der Waals surface area contributed by atoms with Crippen LogP contribution in [0.15, 0.2) is 36.7 Å². The molecular formula is C14H16AgN2O7. The summed E-state index contributed by atoms with van der Waals surface area (Å²) < 4.78 is 0. The molecule has 24 heavy (non-hydrogen) atoms. The van der Waals surface area contributed by atoms with Crippen LogP contribution in [0.2, 0.25) is 0 Å². The van der Waals surface area contributed by atoms with Crippen LogP contribution in [-0.2, 0) is 27.2 Å². The summed E-state index contributed by atoms with van der Waals surface area (Å²) in [6, 6.07) is 6.47. The van der Waals surface area contributed by atoms with E-state index in [1.807, 2.05) is 0 Å². The van der Waals surface area contributed by atoms with Crippen LogP contribution in [0.1, 0.15) is 27.6 Å². The number of hydrogen-bond acceptors (Lipinski definition) is 5. The minimum atomic E-state index is -0.833. The first kappa shape index (κ1) is 26.6. The Morgan fingerprint density at radius 2 is 1.17 bits per heavy atom. The molecule has 0 saturated carbocycles. The van der Waals surface area contributed by atoms with E-state index < -0.39 is 17.5 Å². The minimum absolute atomic E-state index is 0. The predicted octanol–water partition coefficient (Wildman–Crippen LogP) is -0.863. The van der Waals surface area contributed by atoms with E-state index in [2.05, 4.69) is 9.97 Å². The molecule has 2 heterocycles. The summed E-state index contributed by atoms with van der Waals surface area (Å²) in [6.45, 7) is 1.08. The summed E-state index contributed by atoms with van der Waals surface area (Å²) in [5.41, 5.74) is 1.64. The summed E-state index contributed by atoms with van der Waals surface area (Å²) >= 11 is 0. The van der Waals surface area contributed by atoms with Crippen molar-refractivity contribution in [2.45, 2.75) is 6.92 Å². The first-order valence-electron chi connectivity index (χ1n) is 5.71. The molecule has 1 aliphatic rings. The van der Waals surface area contributed by atoms with Gasteiger partial charge in [-0.25, -0.2) is 0 Å². The minimum Gasteiger partial charge on any atom is -0.481 e. The molecule has 2 aromatic rings. The number of fused-ring (bicyclic) bond motifs is 3. The maximum atomic E-state index is 11.8. The van der Waals surface area contributed by atoms with Crippen LogP contribution >= 0.6 is 0 Å². The second-order valence-electron chi connectivity index (χ2n) is 3.98. The number of rotatable bonds is 0. The summed E-state index contributed by atoms with van der Waals surface area (Å²) in [5, 5.41) is 7.42. The topological polar surface area (TPSA) is 192 Å². The van der Waals surface area contributed by atoms with Gasteiger partial charge in [-0.3, -0.25) is 24.4 Å². The summed E-state index contributed by atoms with van der Waals surface area (Å²) in [7, 11) is 0. The molecule has 0 amide bonds. The zero-order valence-corrected chi connectivity index (χ0v) is 13.8. The molecule has 0 aliphatic heterocycles. The monoisotopic (exact) mass is 431 g/mol. The third kappa shape index (κ3) is 5.42. The van der Waals surface area contributed by atoms with Gasteiger partial charge in [0.25, 0.3) is 5.97 Å². The van der Waals surface area contributed by atoms with Crippen LogP contribution < -0.4 is 0 Å². The Labute approximate surface area is 152 Å². The summed E-state index contributed by atoms with van der Waals surface area (Å²) in [5.74, 6) is -1.85. The molecule has 0 saturated heterocycles. The number of carboxylic acid groups (broad SMARTS) is 1. The molecule has 7 N–H and O–H groups in total. The number of ketones is 2. The normalized spacial score (nSPS) is 9.88. The zero-order valence-electron chi connectivity index (χ0n) is 12.3. The number of hydrogen-bond donors (Lipinski definition) is 1. The van der Waals surface area contributed by atoms with E-state index >= 15 is 0 Å². The maximum absolute atomic E-state index is 11.8. The van der Waals surface area contributed by atoms with Gasteiger partial charge in [0.2, 0.25) is 11.6 Å². The molecule has 1 radical (unpaired) electrons. The molecule has 0 aromatic carbocycles. The average molecular weight is 432 g/mol. The van der Waals surface area contributed by atoms with Gasteiger partial charge in [-0.1, -0.05) is 0 Å². The van der Waals surface area contributed by atoms with Gasteiger partial charge >= 0.3 is 0 Å². The fourth-order valence-electron chi connectivity index (χ4n) is 1.80. The van der Waals surface area contributed by atoms with E-state index in [0.29, 0.717) is 22.5 Å². The third-order valence-corrected chi connectivity index (χ3v) is 2.54. The Balaban J connectivity index is -0.000000504. The van der Waals surface area contributed by atoms with Gasteiger partial charge in [0, 0.05) is 41.7 Å². The number of carboxylic acids is 1. The number of carbonyl (C=O) groups is 3. The standard InChI is InChI=1S/C12H6N2O2.C2H4O2.Ag.3H2O/c15-11-7-3-1-5-13-9(7)10-8(12(11)16)4-2-6-14-10;1-2(3)4;;;;/h1-6H;1H3,(H,3,4);;3*1H2. The van der Waals surface area contributed by atoms with Crippen molar-refractivity contribution in [1.82, 2.24) is 9.97 Å². The second kappa shape index (κ2) is 11.3. The summed E-state index contributed by atoms with van der Waals surface area (Å²) in [4.78, 5) is 40.7. The fraction of sp³-hybridized carbons (Fsp3) is 0.0714. The number of carbonyl (C=O) groups excluding carboxylic acids is 2. The van der Waals surface area contributed by atoms with Crippen LogP contribution in [0.4, 0.5) is 0 Å². The van der Waals surface area contributed by atoms with E-state index in [1.165, 1.54) is 0 Å². The molecule has 0 fully saturated rings. The predicted molar refractivity (Wildman–Crippen MR) is 80.3 cm³/mol. The Kier molecular flexibility index (Phi) is 12.5. The quantitative estimate of drug-likeness (QED) is 0.416. The Morgan fingerprint density at radius 3 is 1.46 bits per heavy atom. The van der Waals surface area contributed by atoms with Gasteiger partial charge < -0.3 is 21.5 Å². The first-order valence-corrected chi connectivity index (χ1v) is 5.71. The van der Waals surface area contributed by atoms with Gasteiger partial charge in [0.05, 0.1) is 11.1 Å². The van der Waals surface area contributed by atoms with Crippen molar-refractivity contribution >= 4 is 17.5 Å². The molecule has 135 valence electrons. The molecule has 2 aromatic heterocycles. The Morgan fingerprint density at radius 1 is 0.875 bits per heavy atom. The van der Waals surface area contributed by atoms with Gasteiger partial charge in [0.15, 0.2) is 0 Å². The maximum Gasteiger partial charge on any atom is 0.300 e. The first-order chi connectivity index (χ1) is 9.52. The van der Waals surface area contributed by atoms with Crippen molar-refractivity contribution in [1.29, 1.82) is 0 Å².